The van der Waals surface area contributed by atoms with Crippen LogP contribution in [0, 0.1) is 11.3 Å². The van der Waals surface area contributed by atoms with Crippen LogP contribution in [-0.2, 0) is 11.0 Å². The van der Waals surface area contributed by atoms with Crippen molar-refractivity contribution in [3.63, 3.8) is 0 Å². The van der Waals surface area contributed by atoms with Gasteiger partial charge >= 0.3 is 6.18 Å². The molecular formula is C16H11F3N2OS. The van der Waals surface area contributed by atoms with E-state index >= 15 is 0 Å². The lowest BCUT2D eigenvalue weighted by atomic mass is 10.2. The Bertz CT molecular complexity index is 753. The standard InChI is InChI=1S/C16H11F3N2OS/c17-16(18,19)12-5-3-6-13(8-12)23-10-15(22)21-14-7-2-1-4-11(14)9-20/h1-8H,10H2,(H,21,22). The van der Waals surface area contributed by atoms with Gasteiger partial charge in [-0.05, 0) is 30.3 Å². The molecule has 0 radical (unpaired) electrons. The molecule has 0 saturated heterocycles. The van der Waals surface area contributed by atoms with E-state index in [0.717, 1.165) is 23.9 Å². The molecule has 0 saturated carbocycles. The van der Waals surface area contributed by atoms with Gasteiger partial charge in [-0.1, -0.05) is 18.2 Å². The number of carbonyl (C=O) groups is 1. The maximum atomic E-state index is 12.6. The Kier molecular flexibility index (Phi) is 5.29. The van der Waals surface area contributed by atoms with E-state index in [1.165, 1.54) is 12.1 Å². The molecule has 0 aliphatic rings. The summed E-state index contributed by atoms with van der Waals surface area (Å²) in [6.45, 7) is 0. The van der Waals surface area contributed by atoms with Gasteiger partial charge in [0.2, 0.25) is 5.91 Å². The van der Waals surface area contributed by atoms with Crippen molar-refractivity contribution in [2.75, 3.05) is 11.1 Å². The normalized spacial score (nSPS) is 10.9. The van der Waals surface area contributed by atoms with Crippen LogP contribution in [0.25, 0.3) is 0 Å². The van der Waals surface area contributed by atoms with Crippen molar-refractivity contribution in [2.45, 2.75) is 11.1 Å². The highest BCUT2D eigenvalue weighted by atomic mass is 32.2. The maximum Gasteiger partial charge on any atom is 0.416 e. The van der Waals surface area contributed by atoms with Gasteiger partial charge < -0.3 is 5.32 Å². The first-order valence-electron chi connectivity index (χ1n) is 6.49. The zero-order chi connectivity index (χ0) is 16.9. The molecule has 7 heteroatoms. The number of anilines is 1. The van der Waals surface area contributed by atoms with Crippen LogP contribution in [0.4, 0.5) is 18.9 Å². The second-order valence-corrected chi connectivity index (χ2v) is 5.57. The van der Waals surface area contributed by atoms with Crippen molar-refractivity contribution in [3.8, 4) is 6.07 Å². The molecule has 2 aromatic rings. The van der Waals surface area contributed by atoms with Crippen molar-refractivity contribution in [2.24, 2.45) is 0 Å². The summed E-state index contributed by atoms with van der Waals surface area (Å²) >= 11 is 0.997. The third kappa shape index (κ3) is 4.76. The van der Waals surface area contributed by atoms with Gasteiger partial charge in [0.05, 0.1) is 22.6 Å². The maximum absolute atomic E-state index is 12.6. The number of halogens is 3. The van der Waals surface area contributed by atoms with Gasteiger partial charge in [-0.2, -0.15) is 18.4 Å². The third-order valence-electron chi connectivity index (χ3n) is 2.85. The van der Waals surface area contributed by atoms with E-state index in [4.69, 9.17) is 5.26 Å². The number of nitrogens with zero attached hydrogens (tertiary/aromatic N) is 1. The van der Waals surface area contributed by atoms with Crippen molar-refractivity contribution in [3.05, 3.63) is 59.7 Å². The summed E-state index contributed by atoms with van der Waals surface area (Å²) in [4.78, 5) is 12.2. The Hall–Kier alpha value is -2.46. The lowest BCUT2D eigenvalue weighted by molar-refractivity contribution is -0.137. The highest BCUT2D eigenvalue weighted by molar-refractivity contribution is 8.00. The van der Waals surface area contributed by atoms with Gasteiger partial charge in [0.25, 0.3) is 0 Å². The minimum absolute atomic E-state index is 0.0545. The van der Waals surface area contributed by atoms with Gasteiger partial charge in [0.1, 0.15) is 6.07 Å². The van der Waals surface area contributed by atoms with E-state index in [1.807, 2.05) is 6.07 Å². The Labute approximate surface area is 135 Å². The van der Waals surface area contributed by atoms with Gasteiger partial charge in [-0.15, -0.1) is 11.8 Å². The zero-order valence-corrected chi connectivity index (χ0v) is 12.5. The molecule has 0 bridgehead atoms. The number of hydrogen-bond donors (Lipinski definition) is 1. The predicted octanol–water partition coefficient (Wildman–Crippen LogP) is 4.31. The number of alkyl halides is 3. The monoisotopic (exact) mass is 336 g/mol. The lowest BCUT2D eigenvalue weighted by Gasteiger charge is -2.09. The first kappa shape index (κ1) is 16.9. The van der Waals surface area contributed by atoms with Gasteiger partial charge in [-0.3, -0.25) is 4.79 Å². The molecule has 0 aliphatic heterocycles. The fourth-order valence-corrected chi connectivity index (χ4v) is 2.54. The summed E-state index contributed by atoms with van der Waals surface area (Å²) < 4.78 is 37.9. The minimum atomic E-state index is -4.41. The largest absolute Gasteiger partial charge is 0.416 e. The van der Waals surface area contributed by atoms with Crippen LogP contribution in [0.2, 0.25) is 0 Å². The van der Waals surface area contributed by atoms with Crippen LogP contribution >= 0.6 is 11.8 Å². The Morgan fingerprint density at radius 3 is 2.61 bits per heavy atom. The number of hydrogen-bond acceptors (Lipinski definition) is 3. The quantitative estimate of drug-likeness (QED) is 0.847. The molecule has 2 aromatic carbocycles. The lowest BCUT2D eigenvalue weighted by Crippen LogP contribution is -2.15. The average Bonchev–Trinajstić information content (AvgIpc) is 2.53. The first-order chi connectivity index (χ1) is 10.9. The molecule has 2 rings (SSSR count). The second-order valence-electron chi connectivity index (χ2n) is 4.52. The summed E-state index contributed by atoms with van der Waals surface area (Å²) in [6.07, 6.45) is -4.41. The number of para-hydroxylation sites is 1. The Morgan fingerprint density at radius 1 is 1.17 bits per heavy atom. The molecule has 0 atom stereocenters. The molecule has 23 heavy (non-hydrogen) atoms. The van der Waals surface area contributed by atoms with E-state index < -0.39 is 17.6 Å². The van der Waals surface area contributed by atoms with Gasteiger partial charge in [0, 0.05) is 4.90 Å². The van der Waals surface area contributed by atoms with Crippen molar-refractivity contribution in [1.82, 2.24) is 0 Å². The molecule has 118 valence electrons. The summed E-state index contributed by atoms with van der Waals surface area (Å²) in [5.41, 5.74) is -0.0488. The molecule has 0 spiro atoms. The first-order valence-corrected chi connectivity index (χ1v) is 7.48. The highest BCUT2D eigenvalue weighted by Crippen LogP contribution is 2.31. The van der Waals surface area contributed by atoms with Crippen LogP contribution in [0.3, 0.4) is 0 Å². The second kappa shape index (κ2) is 7.20. The smallest absolute Gasteiger partial charge is 0.324 e. The number of benzene rings is 2. The molecule has 0 fully saturated rings. The SMILES string of the molecule is N#Cc1ccccc1NC(=O)CSc1cccc(C(F)(F)F)c1. The minimum Gasteiger partial charge on any atom is -0.324 e. The molecule has 1 amide bonds. The van der Waals surface area contributed by atoms with Gasteiger partial charge in [-0.25, -0.2) is 0 Å². The van der Waals surface area contributed by atoms with E-state index in [9.17, 15) is 18.0 Å². The summed E-state index contributed by atoms with van der Waals surface area (Å²) in [5, 5.41) is 11.5. The molecule has 0 aliphatic carbocycles. The molecule has 0 unspecified atom stereocenters. The molecular weight excluding hydrogens is 325 g/mol. The number of thioether (sulfide) groups is 1. The summed E-state index contributed by atoms with van der Waals surface area (Å²) in [5.74, 6) is -0.448. The van der Waals surface area contributed by atoms with Crippen molar-refractivity contribution in [1.29, 1.82) is 5.26 Å². The fraction of sp³-hybridized carbons (Fsp3) is 0.125. The number of rotatable bonds is 4. The van der Waals surface area contributed by atoms with Crippen LogP contribution in [0.5, 0.6) is 0 Å². The third-order valence-corrected chi connectivity index (χ3v) is 3.85. The molecule has 1 N–H and O–H groups in total. The van der Waals surface area contributed by atoms with Crippen molar-refractivity contribution < 1.29 is 18.0 Å². The van der Waals surface area contributed by atoms with Crippen LogP contribution in [-0.4, -0.2) is 11.7 Å². The van der Waals surface area contributed by atoms with E-state index in [1.54, 1.807) is 24.3 Å². The molecule has 3 nitrogen and oxygen atoms in total. The van der Waals surface area contributed by atoms with E-state index in [-0.39, 0.29) is 5.75 Å². The fourth-order valence-electron chi connectivity index (χ4n) is 1.79. The number of amides is 1. The molecule has 0 heterocycles. The van der Waals surface area contributed by atoms with Crippen LogP contribution < -0.4 is 5.32 Å². The van der Waals surface area contributed by atoms with Crippen LogP contribution in [0.15, 0.2) is 53.4 Å². The summed E-state index contributed by atoms with van der Waals surface area (Å²) in [7, 11) is 0. The highest BCUT2D eigenvalue weighted by Gasteiger charge is 2.30. The number of nitriles is 1. The predicted molar refractivity (Wildman–Crippen MR) is 82.0 cm³/mol. The van der Waals surface area contributed by atoms with Gasteiger partial charge in [0.15, 0.2) is 0 Å². The Morgan fingerprint density at radius 2 is 1.91 bits per heavy atom. The van der Waals surface area contributed by atoms with E-state index in [0.29, 0.717) is 16.1 Å². The van der Waals surface area contributed by atoms with Crippen molar-refractivity contribution >= 4 is 23.4 Å². The summed E-state index contributed by atoms with van der Waals surface area (Å²) in [6, 6.07) is 13.2. The average molecular weight is 336 g/mol. The zero-order valence-electron chi connectivity index (χ0n) is 11.7. The van der Waals surface area contributed by atoms with E-state index in [2.05, 4.69) is 5.32 Å². The molecule has 0 aromatic heterocycles. The topological polar surface area (TPSA) is 52.9 Å². The Balaban J connectivity index is 1.99. The number of carbonyl (C=O) groups excluding carboxylic acids is 1. The van der Waals surface area contributed by atoms with Crippen LogP contribution in [0.1, 0.15) is 11.1 Å². The number of nitrogens with one attached hydrogen (secondary N) is 1.